The fourth-order valence-corrected chi connectivity index (χ4v) is 1.74. The number of hydrogen-bond donors (Lipinski definition) is 3. The second-order valence-electron chi connectivity index (χ2n) is 4.85. The van der Waals surface area contributed by atoms with E-state index < -0.39 is 11.9 Å². The van der Waals surface area contributed by atoms with Crippen LogP contribution in [0.2, 0.25) is 0 Å². The summed E-state index contributed by atoms with van der Waals surface area (Å²) in [6, 6.07) is -0.306. The minimum Gasteiger partial charge on any atom is -0.481 e. The fourth-order valence-electron chi connectivity index (χ4n) is 1.74. The number of likely N-dealkylation sites (N-methyl/N-ethyl adjacent to an activating group) is 1. The molecule has 6 nitrogen and oxygen atoms in total. The largest absolute Gasteiger partial charge is 0.481 e. The predicted octanol–water partition coefficient (Wildman–Crippen LogP) is 0.984. The number of hydrogen-bond acceptors (Lipinski definition) is 3. The summed E-state index contributed by atoms with van der Waals surface area (Å²) < 4.78 is 0. The van der Waals surface area contributed by atoms with E-state index in [-0.39, 0.29) is 18.5 Å². The number of amides is 2. The summed E-state index contributed by atoms with van der Waals surface area (Å²) in [7, 11) is 0. The first-order valence-corrected chi connectivity index (χ1v) is 6.89. The molecule has 3 N–H and O–H groups in total. The highest BCUT2D eigenvalue weighted by Gasteiger charge is 2.21. The van der Waals surface area contributed by atoms with Gasteiger partial charge in [-0.05, 0) is 19.0 Å². The molecule has 0 aromatic rings. The van der Waals surface area contributed by atoms with Gasteiger partial charge >= 0.3 is 12.0 Å². The number of rotatable bonds is 9. The van der Waals surface area contributed by atoms with E-state index in [4.69, 9.17) is 5.11 Å². The number of carbonyl (C=O) groups excluding carboxylic acids is 1. The molecule has 0 aromatic heterocycles. The molecule has 0 aliphatic rings. The van der Waals surface area contributed by atoms with Crippen molar-refractivity contribution in [2.24, 2.45) is 11.8 Å². The topological polar surface area (TPSA) is 81.7 Å². The van der Waals surface area contributed by atoms with E-state index in [1.807, 2.05) is 13.8 Å². The first kappa shape index (κ1) is 17.7. The third-order valence-corrected chi connectivity index (χ3v) is 3.21. The van der Waals surface area contributed by atoms with Crippen molar-refractivity contribution in [2.75, 3.05) is 32.7 Å². The summed E-state index contributed by atoms with van der Waals surface area (Å²) in [6.45, 7) is 11.2. The third-order valence-electron chi connectivity index (χ3n) is 3.21. The number of carbonyl (C=O) groups is 2. The average Bonchev–Trinajstić information content (AvgIpc) is 2.34. The first-order chi connectivity index (χ1) is 8.92. The van der Waals surface area contributed by atoms with Crippen molar-refractivity contribution in [1.82, 2.24) is 15.5 Å². The Morgan fingerprint density at radius 2 is 1.74 bits per heavy atom. The Labute approximate surface area is 115 Å². The van der Waals surface area contributed by atoms with Gasteiger partial charge in [0.15, 0.2) is 0 Å². The summed E-state index contributed by atoms with van der Waals surface area (Å²) in [6.07, 6.45) is 0. The van der Waals surface area contributed by atoms with E-state index in [1.165, 1.54) is 0 Å². The van der Waals surface area contributed by atoms with Gasteiger partial charge in [-0.2, -0.15) is 0 Å². The van der Waals surface area contributed by atoms with Gasteiger partial charge in [0, 0.05) is 19.6 Å². The molecular weight excluding hydrogens is 246 g/mol. The molecule has 0 heterocycles. The van der Waals surface area contributed by atoms with Gasteiger partial charge in [-0.15, -0.1) is 0 Å². The minimum atomic E-state index is -0.876. The number of aliphatic carboxylic acids is 1. The lowest BCUT2D eigenvalue weighted by atomic mass is 9.96. The predicted molar refractivity (Wildman–Crippen MR) is 75.2 cm³/mol. The molecule has 0 saturated heterocycles. The zero-order chi connectivity index (χ0) is 14.8. The standard InChI is InChI=1S/C13H27N3O3/c1-5-16(6-2)8-7-14-13(19)15-9-11(10(3)4)12(17)18/h10-11H,5-9H2,1-4H3,(H,17,18)(H2,14,15,19). The van der Waals surface area contributed by atoms with Crippen LogP contribution in [0.25, 0.3) is 0 Å². The SMILES string of the molecule is CCN(CC)CCNC(=O)NCC(C(=O)O)C(C)C. The molecule has 2 amide bonds. The molecule has 0 rings (SSSR count). The van der Waals surface area contributed by atoms with Crippen LogP contribution in [-0.4, -0.2) is 54.7 Å². The van der Waals surface area contributed by atoms with Crippen molar-refractivity contribution in [3.05, 3.63) is 0 Å². The van der Waals surface area contributed by atoms with Gasteiger partial charge in [-0.1, -0.05) is 27.7 Å². The zero-order valence-electron chi connectivity index (χ0n) is 12.4. The summed E-state index contributed by atoms with van der Waals surface area (Å²) in [5, 5.41) is 14.3. The van der Waals surface area contributed by atoms with Gasteiger partial charge in [0.25, 0.3) is 0 Å². The van der Waals surface area contributed by atoms with E-state index in [0.29, 0.717) is 6.54 Å². The monoisotopic (exact) mass is 273 g/mol. The Balaban J connectivity index is 3.89. The number of nitrogens with one attached hydrogen (secondary N) is 2. The van der Waals surface area contributed by atoms with Gasteiger partial charge in [0.05, 0.1) is 5.92 Å². The van der Waals surface area contributed by atoms with Crippen LogP contribution in [0.3, 0.4) is 0 Å². The van der Waals surface area contributed by atoms with E-state index in [1.54, 1.807) is 0 Å². The molecule has 19 heavy (non-hydrogen) atoms. The van der Waals surface area contributed by atoms with Gasteiger partial charge < -0.3 is 20.6 Å². The molecule has 6 heteroatoms. The van der Waals surface area contributed by atoms with Crippen LogP contribution < -0.4 is 10.6 Å². The van der Waals surface area contributed by atoms with Crippen LogP contribution in [0.15, 0.2) is 0 Å². The van der Waals surface area contributed by atoms with Gasteiger partial charge in [0.2, 0.25) is 0 Å². The lowest BCUT2D eigenvalue weighted by Gasteiger charge is -2.19. The molecule has 0 spiro atoms. The Kier molecular flexibility index (Phi) is 8.95. The van der Waals surface area contributed by atoms with Crippen molar-refractivity contribution in [3.8, 4) is 0 Å². The molecule has 0 bridgehead atoms. The van der Waals surface area contributed by atoms with Crippen LogP contribution in [0.1, 0.15) is 27.7 Å². The summed E-state index contributed by atoms with van der Waals surface area (Å²) in [5.74, 6) is -1.43. The number of carboxylic acid groups (broad SMARTS) is 1. The van der Waals surface area contributed by atoms with E-state index in [2.05, 4.69) is 29.4 Å². The molecule has 0 aromatic carbocycles. The quantitative estimate of drug-likeness (QED) is 0.585. The third kappa shape index (κ3) is 7.66. The molecule has 0 aliphatic heterocycles. The number of nitrogens with zero attached hydrogens (tertiary/aromatic N) is 1. The lowest BCUT2D eigenvalue weighted by molar-refractivity contribution is -0.142. The maximum atomic E-state index is 11.5. The van der Waals surface area contributed by atoms with Crippen molar-refractivity contribution < 1.29 is 14.7 Å². The van der Waals surface area contributed by atoms with Crippen molar-refractivity contribution in [3.63, 3.8) is 0 Å². The molecule has 1 unspecified atom stereocenters. The highest BCUT2D eigenvalue weighted by Crippen LogP contribution is 2.09. The number of urea groups is 1. The molecule has 0 saturated carbocycles. The van der Waals surface area contributed by atoms with E-state index in [0.717, 1.165) is 19.6 Å². The van der Waals surface area contributed by atoms with E-state index in [9.17, 15) is 9.59 Å². The highest BCUT2D eigenvalue weighted by molar-refractivity contribution is 5.75. The van der Waals surface area contributed by atoms with Crippen LogP contribution >= 0.6 is 0 Å². The smallest absolute Gasteiger partial charge is 0.314 e. The molecular formula is C13H27N3O3. The molecule has 0 radical (unpaired) electrons. The number of carboxylic acids is 1. The van der Waals surface area contributed by atoms with Crippen LogP contribution in [-0.2, 0) is 4.79 Å². The van der Waals surface area contributed by atoms with Crippen molar-refractivity contribution in [2.45, 2.75) is 27.7 Å². The molecule has 1 atom stereocenters. The Bertz CT molecular complexity index is 278. The minimum absolute atomic E-state index is 0.00604. The molecule has 0 fully saturated rings. The summed E-state index contributed by atoms with van der Waals surface area (Å²) in [5.41, 5.74) is 0. The Hall–Kier alpha value is -1.30. The van der Waals surface area contributed by atoms with Gasteiger partial charge in [0.1, 0.15) is 0 Å². The summed E-state index contributed by atoms with van der Waals surface area (Å²) in [4.78, 5) is 24.7. The van der Waals surface area contributed by atoms with Crippen LogP contribution in [0.5, 0.6) is 0 Å². The van der Waals surface area contributed by atoms with Gasteiger partial charge in [-0.3, -0.25) is 4.79 Å². The average molecular weight is 273 g/mol. The Morgan fingerprint density at radius 3 is 2.16 bits per heavy atom. The lowest BCUT2D eigenvalue weighted by Crippen LogP contribution is -2.43. The maximum absolute atomic E-state index is 11.5. The second-order valence-corrected chi connectivity index (χ2v) is 4.85. The van der Waals surface area contributed by atoms with Crippen LogP contribution in [0, 0.1) is 11.8 Å². The first-order valence-electron chi connectivity index (χ1n) is 6.89. The maximum Gasteiger partial charge on any atom is 0.314 e. The Morgan fingerprint density at radius 1 is 1.16 bits per heavy atom. The van der Waals surface area contributed by atoms with E-state index >= 15 is 0 Å². The van der Waals surface area contributed by atoms with Crippen LogP contribution in [0.4, 0.5) is 4.79 Å². The normalized spacial score (nSPS) is 12.5. The molecule has 0 aliphatic carbocycles. The van der Waals surface area contributed by atoms with Gasteiger partial charge in [-0.25, -0.2) is 4.79 Å². The van der Waals surface area contributed by atoms with Crippen molar-refractivity contribution >= 4 is 12.0 Å². The highest BCUT2D eigenvalue weighted by atomic mass is 16.4. The van der Waals surface area contributed by atoms with Crippen molar-refractivity contribution in [1.29, 1.82) is 0 Å². The second kappa shape index (κ2) is 9.61. The fraction of sp³-hybridized carbons (Fsp3) is 0.846. The molecule has 112 valence electrons. The summed E-state index contributed by atoms with van der Waals surface area (Å²) >= 11 is 0. The zero-order valence-corrected chi connectivity index (χ0v) is 12.4.